The van der Waals surface area contributed by atoms with Crippen molar-refractivity contribution < 1.29 is 13.7 Å². The summed E-state index contributed by atoms with van der Waals surface area (Å²) in [5, 5.41) is 10.5. The highest BCUT2D eigenvalue weighted by Gasteiger charge is 2.25. The number of hydrogen-bond acceptors (Lipinski definition) is 4. The monoisotopic (exact) mass is 329 g/mol. The molecule has 0 unspecified atom stereocenters. The molecule has 1 aromatic rings. The van der Waals surface area contributed by atoms with Crippen molar-refractivity contribution in [1.82, 2.24) is 4.98 Å². The van der Waals surface area contributed by atoms with Crippen molar-refractivity contribution in [3.63, 3.8) is 0 Å². The average molecular weight is 329 g/mol. The predicted molar refractivity (Wildman–Crippen MR) is 56.5 cm³/mol. The van der Waals surface area contributed by atoms with Gasteiger partial charge in [-0.25, -0.2) is 8.78 Å². The Hall–Kier alpha value is -0.900. The van der Waals surface area contributed by atoms with Crippen molar-refractivity contribution in [1.29, 1.82) is 0 Å². The van der Waals surface area contributed by atoms with E-state index in [-0.39, 0.29) is 10.2 Å². The zero-order valence-corrected chi connectivity index (χ0v) is 9.44. The maximum absolute atomic E-state index is 12.4. The van der Waals surface area contributed by atoms with Crippen LogP contribution in [0, 0.1) is 13.8 Å². The molecule has 0 aliphatic carbocycles. The summed E-state index contributed by atoms with van der Waals surface area (Å²) in [6.45, 7) is 0.0169. The largest absolute Gasteiger partial charge is 0.373 e. The van der Waals surface area contributed by atoms with Gasteiger partial charge in [0.2, 0.25) is 3.70 Å². The molecule has 0 aromatic carbocycles. The number of alkyl halides is 2. The summed E-state index contributed by atoms with van der Waals surface area (Å²) in [5.74, 6) is -0.813. The zero-order chi connectivity index (χ0) is 11.6. The molecule has 1 aromatic heterocycles. The molecule has 2 N–H and O–H groups in total. The van der Waals surface area contributed by atoms with Gasteiger partial charge in [0.1, 0.15) is 5.56 Å². The molecule has 0 spiro atoms. The van der Waals surface area contributed by atoms with E-state index in [2.05, 4.69) is 4.98 Å². The van der Waals surface area contributed by atoms with Gasteiger partial charge in [-0.2, -0.15) is 0 Å². The van der Waals surface area contributed by atoms with Crippen molar-refractivity contribution in [2.45, 2.75) is 13.0 Å². The Morgan fingerprint density at radius 1 is 1.67 bits per heavy atom. The van der Waals surface area contributed by atoms with Crippen LogP contribution in [0.1, 0.15) is 17.6 Å². The van der Waals surface area contributed by atoms with E-state index in [4.69, 9.17) is 5.73 Å². The molecule has 1 rings (SSSR count). The number of nitrogens with two attached hydrogens (primary N) is 1. The van der Waals surface area contributed by atoms with Crippen LogP contribution in [-0.2, 0) is 6.54 Å². The molecular formula is C7H6F2IN3O2. The molecule has 8 heteroatoms. The fraction of sp³-hybridized carbons (Fsp3) is 0.286. The van der Waals surface area contributed by atoms with Crippen LogP contribution in [0.15, 0.2) is 6.07 Å². The Labute approximate surface area is 97.0 Å². The van der Waals surface area contributed by atoms with Crippen LogP contribution in [0.5, 0.6) is 0 Å². The number of nitro groups is 1. The lowest BCUT2D eigenvalue weighted by molar-refractivity contribution is -0.391. The van der Waals surface area contributed by atoms with E-state index >= 15 is 0 Å². The van der Waals surface area contributed by atoms with Crippen LogP contribution in [0.3, 0.4) is 0 Å². The molecule has 0 bridgehead atoms. The van der Waals surface area contributed by atoms with Crippen molar-refractivity contribution in [2.75, 3.05) is 0 Å². The molecule has 0 aliphatic heterocycles. The topological polar surface area (TPSA) is 82.0 Å². The first-order valence-corrected chi connectivity index (χ1v) is 4.87. The highest BCUT2D eigenvalue weighted by atomic mass is 127. The van der Waals surface area contributed by atoms with Crippen molar-refractivity contribution in [3.05, 3.63) is 31.0 Å². The van der Waals surface area contributed by atoms with E-state index in [1.807, 2.05) is 0 Å². The molecule has 0 aliphatic rings. The van der Waals surface area contributed by atoms with Gasteiger partial charge in [-0.15, -0.1) is 0 Å². The Bertz CT molecular complexity index is 400. The van der Waals surface area contributed by atoms with Crippen molar-refractivity contribution in [3.8, 4) is 0 Å². The molecule has 0 amide bonds. The SMILES string of the molecule is NCc1cc(C(F)F)c([N+](=O)[O-])nc1I. The molecule has 0 atom stereocenters. The van der Waals surface area contributed by atoms with Crippen molar-refractivity contribution >= 4 is 28.4 Å². The lowest BCUT2D eigenvalue weighted by Gasteiger charge is -2.04. The maximum atomic E-state index is 12.4. The Kier molecular flexibility index (Phi) is 3.85. The summed E-state index contributed by atoms with van der Waals surface area (Å²) < 4.78 is 25.2. The summed E-state index contributed by atoms with van der Waals surface area (Å²) >= 11 is 1.72. The third-order valence-corrected chi connectivity index (χ3v) is 2.62. The molecular weight excluding hydrogens is 323 g/mol. The molecule has 82 valence electrons. The molecule has 0 saturated heterocycles. The van der Waals surface area contributed by atoms with Gasteiger partial charge >= 0.3 is 5.82 Å². The number of hydrogen-bond donors (Lipinski definition) is 1. The highest BCUT2D eigenvalue weighted by Crippen LogP contribution is 2.29. The molecule has 0 fully saturated rings. The summed E-state index contributed by atoms with van der Waals surface area (Å²) in [6.07, 6.45) is -2.93. The fourth-order valence-electron chi connectivity index (χ4n) is 0.991. The zero-order valence-electron chi connectivity index (χ0n) is 7.28. The van der Waals surface area contributed by atoms with Crippen LogP contribution in [0.4, 0.5) is 14.6 Å². The Balaban J connectivity index is 3.38. The predicted octanol–water partition coefficient (Wildman–Crippen LogP) is 1.99. The maximum Gasteiger partial charge on any atom is 0.373 e. The first-order valence-electron chi connectivity index (χ1n) is 3.79. The summed E-state index contributed by atoms with van der Waals surface area (Å²) in [5.41, 5.74) is 4.96. The second-order valence-corrected chi connectivity index (χ2v) is 3.63. The third-order valence-electron chi connectivity index (χ3n) is 1.68. The minimum absolute atomic E-state index is 0.0169. The first-order chi connectivity index (χ1) is 6.97. The van der Waals surface area contributed by atoms with Gasteiger partial charge in [-0.05, 0) is 16.0 Å². The standard InChI is InChI=1S/C7H6F2IN3O2/c8-5(9)4-1-3(2-11)6(10)12-7(4)13(14)15/h1,5H,2,11H2. The van der Waals surface area contributed by atoms with E-state index in [9.17, 15) is 18.9 Å². The van der Waals surface area contributed by atoms with Gasteiger partial charge in [-0.1, -0.05) is 0 Å². The van der Waals surface area contributed by atoms with Crippen LogP contribution < -0.4 is 5.73 Å². The van der Waals surface area contributed by atoms with Gasteiger partial charge in [0, 0.05) is 34.7 Å². The van der Waals surface area contributed by atoms with Gasteiger partial charge in [0.25, 0.3) is 6.43 Å². The van der Waals surface area contributed by atoms with Crippen LogP contribution in [0.25, 0.3) is 0 Å². The smallest absolute Gasteiger partial charge is 0.358 e. The van der Waals surface area contributed by atoms with Crippen LogP contribution in [0.2, 0.25) is 0 Å². The Morgan fingerprint density at radius 2 is 2.27 bits per heavy atom. The molecule has 1 heterocycles. The van der Waals surface area contributed by atoms with Gasteiger partial charge in [0.05, 0.1) is 0 Å². The number of pyridine rings is 1. The van der Waals surface area contributed by atoms with Crippen LogP contribution in [-0.4, -0.2) is 9.91 Å². The minimum Gasteiger partial charge on any atom is -0.358 e. The van der Waals surface area contributed by atoms with E-state index < -0.39 is 22.7 Å². The molecule has 0 radical (unpaired) electrons. The second kappa shape index (κ2) is 4.75. The third kappa shape index (κ3) is 2.56. The summed E-state index contributed by atoms with van der Waals surface area (Å²) in [6, 6.07) is 1.03. The lowest BCUT2D eigenvalue weighted by atomic mass is 10.2. The second-order valence-electron chi connectivity index (χ2n) is 2.61. The summed E-state index contributed by atoms with van der Waals surface area (Å²) in [4.78, 5) is 13.0. The number of nitrogens with zero attached hydrogens (tertiary/aromatic N) is 2. The van der Waals surface area contributed by atoms with Crippen LogP contribution >= 0.6 is 22.6 Å². The number of halogens is 3. The van der Waals surface area contributed by atoms with E-state index in [1.54, 1.807) is 22.6 Å². The average Bonchev–Trinajstić information content (AvgIpc) is 2.16. The fourth-order valence-corrected chi connectivity index (χ4v) is 1.60. The summed E-state index contributed by atoms with van der Waals surface area (Å²) in [7, 11) is 0. The van der Waals surface area contributed by atoms with E-state index in [1.165, 1.54) is 0 Å². The molecule has 5 nitrogen and oxygen atoms in total. The Morgan fingerprint density at radius 3 is 2.67 bits per heavy atom. The van der Waals surface area contributed by atoms with E-state index in [0.29, 0.717) is 5.56 Å². The lowest BCUT2D eigenvalue weighted by Crippen LogP contribution is -2.07. The van der Waals surface area contributed by atoms with Gasteiger partial charge in [0.15, 0.2) is 0 Å². The minimum atomic E-state index is -2.93. The number of rotatable bonds is 3. The van der Waals surface area contributed by atoms with Crippen molar-refractivity contribution in [2.24, 2.45) is 5.73 Å². The van der Waals surface area contributed by atoms with Gasteiger partial charge < -0.3 is 15.8 Å². The number of aromatic nitrogens is 1. The molecule has 0 saturated carbocycles. The molecule has 15 heavy (non-hydrogen) atoms. The highest BCUT2D eigenvalue weighted by molar-refractivity contribution is 14.1. The quantitative estimate of drug-likeness (QED) is 0.398. The normalized spacial score (nSPS) is 10.7. The van der Waals surface area contributed by atoms with E-state index in [0.717, 1.165) is 6.07 Å². The first kappa shape index (κ1) is 12.2. The van der Waals surface area contributed by atoms with Gasteiger partial charge in [-0.3, -0.25) is 0 Å².